The van der Waals surface area contributed by atoms with Gasteiger partial charge < -0.3 is 10.1 Å². The van der Waals surface area contributed by atoms with Crippen LogP contribution in [0, 0.1) is 0 Å². The largest absolute Gasteiger partial charge is 0.501 e. The van der Waals surface area contributed by atoms with Gasteiger partial charge >= 0.3 is 0 Å². The van der Waals surface area contributed by atoms with Crippen molar-refractivity contribution in [3.63, 3.8) is 0 Å². The molecule has 0 aromatic heterocycles. The quantitative estimate of drug-likeness (QED) is 0.585. The highest BCUT2D eigenvalue weighted by molar-refractivity contribution is 5.99. The Kier molecular flexibility index (Phi) is 4.27. The van der Waals surface area contributed by atoms with Gasteiger partial charge in [-0.05, 0) is 19.1 Å². The third-order valence-corrected chi connectivity index (χ3v) is 1.52. The van der Waals surface area contributed by atoms with Crippen molar-refractivity contribution in [1.29, 1.82) is 0 Å². The molecule has 1 aromatic rings. The van der Waals surface area contributed by atoms with Crippen molar-refractivity contribution < 1.29 is 9.53 Å². The van der Waals surface area contributed by atoms with Gasteiger partial charge in [-0.3, -0.25) is 4.79 Å². The molecule has 0 radical (unpaired) electrons. The van der Waals surface area contributed by atoms with Crippen LogP contribution in [-0.2, 0) is 9.53 Å². The van der Waals surface area contributed by atoms with Crippen LogP contribution >= 0.6 is 0 Å². The van der Waals surface area contributed by atoms with E-state index in [9.17, 15) is 4.79 Å². The average molecular weight is 191 g/mol. The van der Waals surface area contributed by atoms with Crippen molar-refractivity contribution in [2.24, 2.45) is 0 Å². The van der Waals surface area contributed by atoms with Crippen LogP contribution in [0.3, 0.4) is 0 Å². The molecule has 0 fully saturated rings. The maximum atomic E-state index is 11.2. The first kappa shape index (κ1) is 10.3. The normalized spacial score (nSPS) is 10.1. The summed E-state index contributed by atoms with van der Waals surface area (Å²) < 4.78 is 4.90. The summed E-state index contributed by atoms with van der Waals surface area (Å²) in [7, 11) is 0. The fourth-order valence-corrected chi connectivity index (χ4v) is 0.912. The van der Waals surface area contributed by atoms with E-state index in [1.54, 1.807) is 0 Å². The first-order chi connectivity index (χ1) is 6.83. The average Bonchev–Trinajstić information content (AvgIpc) is 2.20. The SMILES string of the molecule is CCOC=CC(=O)Nc1ccccc1. The number of benzene rings is 1. The second kappa shape index (κ2) is 5.80. The summed E-state index contributed by atoms with van der Waals surface area (Å²) in [6.45, 7) is 2.43. The lowest BCUT2D eigenvalue weighted by atomic mass is 10.3. The molecule has 0 aliphatic rings. The molecule has 3 heteroatoms. The fraction of sp³-hybridized carbons (Fsp3) is 0.182. The molecule has 0 saturated carbocycles. The molecule has 0 spiro atoms. The van der Waals surface area contributed by atoms with E-state index in [1.807, 2.05) is 37.3 Å². The van der Waals surface area contributed by atoms with Crippen LogP contribution in [0.1, 0.15) is 6.92 Å². The number of hydrogen-bond donors (Lipinski definition) is 1. The molecule has 3 nitrogen and oxygen atoms in total. The number of carbonyl (C=O) groups is 1. The van der Waals surface area contributed by atoms with E-state index in [-0.39, 0.29) is 5.91 Å². The van der Waals surface area contributed by atoms with E-state index < -0.39 is 0 Å². The molecule has 0 heterocycles. The Hall–Kier alpha value is -1.77. The topological polar surface area (TPSA) is 38.3 Å². The second-order valence-electron chi connectivity index (χ2n) is 2.61. The summed E-state index contributed by atoms with van der Waals surface area (Å²) in [5.41, 5.74) is 0.777. The van der Waals surface area contributed by atoms with Crippen molar-refractivity contribution >= 4 is 11.6 Å². The molecule has 74 valence electrons. The highest BCUT2D eigenvalue weighted by Crippen LogP contribution is 2.04. The standard InChI is InChI=1S/C11H13NO2/c1-2-14-9-8-11(13)12-10-6-4-3-5-7-10/h3-9H,2H2,1H3,(H,12,13). The highest BCUT2D eigenvalue weighted by Gasteiger charge is 1.95. The van der Waals surface area contributed by atoms with Gasteiger partial charge in [0.25, 0.3) is 5.91 Å². The number of carbonyl (C=O) groups excluding carboxylic acids is 1. The van der Waals surface area contributed by atoms with E-state index in [4.69, 9.17) is 4.74 Å². The van der Waals surface area contributed by atoms with Crippen LogP contribution in [0.5, 0.6) is 0 Å². The molecule has 0 unspecified atom stereocenters. The summed E-state index contributed by atoms with van der Waals surface area (Å²) >= 11 is 0. The van der Waals surface area contributed by atoms with E-state index in [0.29, 0.717) is 6.61 Å². The van der Waals surface area contributed by atoms with Gasteiger partial charge in [-0.2, -0.15) is 0 Å². The molecule has 1 rings (SSSR count). The molecule has 1 N–H and O–H groups in total. The van der Waals surface area contributed by atoms with Gasteiger partial charge in [-0.15, -0.1) is 0 Å². The first-order valence-corrected chi connectivity index (χ1v) is 4.47. The van der Waals surface area contributed by atoms with Crippen molar-refractivity contribution in [2.75, 3.05) is 11.9 Å². The van der Waals surface area contributed by atoms with Gasteiger partial charge in [0.2, 0.25) is 0 Å². The fourth-order valence-electron chi connectivity index (χ4n) is 0.912. The van der Waals surface area contributed by atoms with Gasteiger partial charge in [-0.1, -0.05) is 18.2 Å². The van der Waals surface area contributed by atoms with Crippen LogP contribution in [0.4, 0.5) is 5.69 Å². The summed E-state index contributed by atoms with van der Waals surface area (Å²) in [6.07, 6.45) is 2.74. The molecule has 0 aliphatic heterocycles. The Morgan fingerprint density at radius 3 is 2.79 bits per heavy atom. The summed E-state index contributed by atoms with van der Waals surface area (Å²) in [4.78, 5) is 11.2. The van der Waals surface area contributed by atoms with Gasteiger partial charge in [0.05, 0.1) is 12.9 Å². The lowest BCUT2D eigenvalue weighted by molar-refractivity contribution is -0.112. The van der Waals surface area contributed by atoms with Gasteiger partial charge in [0.1, 0.15) is 0 Å². The number of ether oxygens (including phenoxy) is 1. The van der Waals surface area contributed by atoms with Crippen molar-refractivity contribution in [3.05, 3.63) is 42.7 Å². The second-order valence-corrected chi connectivity index (χ2v) is 2.61. The lowest BCUT2D eigenvalue weighted by Gasteiger charge is -2.00. The molecule has 0 atom stereocenters. The number of nitrogens with one attached hydrogen (secondary N) is 1. The summed E-state index contributed by atoms with van der Waals surface area (Å²) in [5, 5.41) is 2.70. The molecular weight excluding hydrogens is 178 g/mol. The van der Waals surface area contributed by atoms with E-state index in [1.165, 1.54) is 12.3 Å². The van der Waals surface area contributed by atoms with Gasteiger partial charge in [0, 0.05) is 11.8 Å². The van der Waals surface area contributed by atoms with Crippen LogP contribution in [0.2, 0.25) is 0 Å². The Morgan fingerprint density at radius 1 is 1.43 bits per heavy atom. The zero-order valence-corrected chi connectivity index (χ0v) is 8.07. The molecule has 0 saturated heterocycles. The first-order valence-electron chi connectivity index (χ1n) is 4.47. The minimum Gasteiger partial charge on any atom is -0.501 e. The number of rotatable bonds is 4. The summed E-state index contributed by atoms with van der Waals surface area (Å²) in [6, 6.07) is 9.27. The van der Waals surface area contributed by atoms with E-state index in [0.717, 1.165) is 5.69 Å². The van der Waals surface area contributed by atoms with E-state index in [2.05, 4.69) is 5.32 Å². The lowest BCUT2D eigenvalue weighted by Crippen LogP contribution is -2.07. The predicted octanol–water partition coefficient (Wildman–Crippen LogP) is 2.18. The predicted molar refractivity (Wildman–Crippen MR) is 55.8 cm³/mol. The number of para-hydroxylation sites is 1. The highest BCUT2D eigenvalue weighted by atomic mass is 16.5. The molecular formula is C11H13NO2. The van der Waals surface area contributed by atoms with E-state index >= 15 is 0 Å². The van der Waals surface area contributed by atoms with Crippen LogP contribution in [0.15, 0.2) is 42.7 Å². The van der Waals surface area contributed by atoms with Gasteiger partial charge in [-0.25, -0.2) is 0 Å². The zero-order valence-electron chi connectivity index (χ0n) is 8.07. The Bertz CT molecular complexity index is 306. The maximum Gasteiger partial charge on any atom is 0.251 e. The minimum atomic E-state index is -0.190. The maximum absolute atomic E-state index is 11.2. The van der Waals surface area contributed by atoms with Crippen molar-refractivity contribution in [3.8, 4) is 0 Å². The van der Waals surface area contributed by atoms with Crippen molar-refractivity contribution in [2.45, 2.75) is 6.92 Å². The van der Waals surface area contributed by atoms with Gasteiger partial charge in [0.15, 0.2) is 0 Å². The molecule has 0 aliphatic carbocycles. The number of amides is 1. The Labute approximate surface area is 83.4 Å². The molecule has 14 heavy (non-hydrogen) atoms. The number of anilines is 1. The molecule has 0 bridgehead atoms. The molecule has 1 aromatic carbocycles. The minimum absolute atomic E-state index is 0.190. The third-order valence-electron chi connectivity index (χ3n) is 1.52. The molecule has 1 amide bonds. The Morgan fingerprint density at radius 2 is 2.14 bits per heavy atom. The van der Waals surface area contributed by atoms with Crippen LogP contribution < -0.4 is 5.32 Å². The van der Waals surface area contributed by atoms with Crippen molar-refractivity contribution in [1.82, 2.24) is 0 Å². The van der Waals surface area contributed by atoms with Crippen LogP contribution in [-0.4, -0.2) is 12.5 Å². The Balaban J connectivity index is 2.42. The summed E-state index contributed by atoms with van der Waals surface area (Å²) in [5.74, 6) is -0.190. The number of hydrogen-bond acceptors (Lipinski definition) is 2. The third kappa shape index (κ3) is 3.76. The monoisotopic (exact) mass is 191 g/mol. The smallest absolute Gasteiger partial charge is 0.251 e. The zero-order chi connectivity index (χ0) is 10.2. The van der Waals surface area contributed by atoms with Crippen LogP contribution in [0.25, 0.3) is 0 Å².